The van der Waals surface area contributed by atoms with Gasteiger partial charge in [0, 0.05) is 31.0 Å². The second kappa shape index (κ2) is 7.42. The van der Waals surface area contributed by atoms with Gasteiger partial charge >= 0.3 is 11.8 Å². The number of carbonyl (C=O) groups excluding carboxylic acids is 2. The monoisotopic (exact) mass is 410 g/mol. The van der Waals surface area contributed by atoms with E-state index in [0.717, 1.165) is 30.4 Å². The number of rotatable bonds is 7. The molecule has 2 amide bonds. The van der Waals surface area contributed by atoms with Crippen LogP contribution in [-0.2, 0) is 20.9 Å². The van der Waals surface area contributed by atoms with Gasteiger partial charge in [-0.2, -0.15) is 13.2 Å². The largest absolute Gasteiger partial charge is 0.483 e. The van der Waals surface area contributed by atoms with Crippen molar-refractivity contribution in [2.24, 2.45) is 0 Å². The third kappa shape index (κ3) is 4.11. The SMILES string of the molecule is CN(C)C(=O)COc1ccccc1C(F)(F)C(=O)Nc1nc(C2(C)CC2)ns1. The first-order chi connectivity index (χ1) is 13.1. The number of carbonyl (C=O) groups is 2. The average molecular weight is 410 g/mol. The number of para-hydroxylation sites is 1. The van der Waals surface area contributed by atoms with Gasteiger partial charge in [-0.25, -0.2) is 4.98 Å². The van der Waals surface area contributed by atoms with Crippen molar-refractivity contribution < 1.29 is 23.1 Å². The van der Waals surface area contributed by atoms with Gasteiger partial charge < -0.3 is 9.64 Å². The van der Waals surface area contributed by atoms with Crippen LogP contribution < -0.4 is 10.1 Å². The second-order valence-electron chi connectivity index (χ2n) is 7.09. The van der Waals surface area contributed by atoms with Crippen LogP contribution in [0.25, 0.3) is 0 Å². The first kappa shape index (κ1) is 20.1. The molecule has 1 heterocycles. The van der Waals surface area contributed by atoms with Gasteiger partial charge in [0.2, 0.25) is 5.13 Å². The number of likely N-dealkylation sites (N-methyl/N-ethyl adjacent to an activating group) is 1. The lowest BCUT2D eigenvalue weighted by Gasteiger charge is -2.19. The van der Waals surface area contributed by atoms with E-state index in [1.807, 2.05) is 6.92 Å². The topological polar surface area (TPSA) is 84.4 Å². The summed E-state index contributed by atoms with van der Waals surface area (Å²) in [6, 6.07) is 5.23. The van der Waals surface area contributed by atoms with Crippen LogP contribution in [0.2, 0.25) is 0 Å². The summed E-state index contributed by atoms with van der Waals surface area (Å²) in [4.78, 5) is 29.3. The van der Waals surface area contributed by atoms with E-state index in [4.69, 9.17) is 4.74 Å². The number of nitrogens with one attached hydrogen (secondary N) is 1. The highest BCUT2D eigenvalue weighted by Gasteiger charge is 2.45. The van der Waals surface area contributed by atoms with Gasteiger partial charge in [-0.15, -0.1) is 0 Å². The van der Waals surface area contributed by atoms with Crippen molar-refractivity contribution >= 4 is 28.5 Å². The molecule has 1 aliphatic rings. The zero-order chi connectivity index (χ0) is 20.5. The number of halogens is 2. The summed E-state index contributed by atoms with van der Waals surface area (Å²) in [5.74, 6) is -5.49. The van der Waals surface area contributed by atoms with Gasteiger partial charge in [-0.1, -0.05) is 19.1 Å². The first-order valence-electron chi connectivity index (χ1n) is 8.59. The predicted octanol–water partition coefficient (Wildman–Crippen LogP) is 2.79. The highest BCUT2D eigenvalue weighted by atomic mass is 32.1. The maximum atomic E-state index is 14.8. The Bertz CT molecular complexity index is 896. The molecule has 0 aliphatic heterocycles. The van der Waals surface area contributed by atoms with Crippen molar-refractivity contribution in [3.05, 3.63) is 35.7 Å². The average Bonchev–Trinajstić information content (AvgIpc) is 3.22. The number of nitrogens with zero attached hydrogens (tertiary/aromatic N) is 3. The van der Waals surface area contributed by atoms with E-state index in [1.54, 1.807) is 0 Å². The van der Waals surface area contributed by atoms with Crippen LogP contribution in [0, 0.1) is 0 Å². The molecule has 3 rings (SSSR count). The summed E-state index contributed by atoms with van der Waals surface area (Å²) in [6.45, 7) is 1.57. The zero-order valence-electron chi connectivity index (χ0n) is 15.7. The van der Waals surface area contributed by atoms with Crippen LogP contribution in [0.4, 0.5) is 13.9 Å². The highest BCUT2D eigenvalue weighted by molar-refractivity contribution is 7.09. The molecule has 1 aromatic heterocycles. The molecule has 1 fully saturated rings. The smallest absolute Gasteiger partial charge is 0.353 e. The molecule has 0 saturated heterocycles. The molecule has 1 aromatic carbocycles. The van der Waals surface area contributed by atoms with Crippen LogP contribution in [0.1, 0.15) is 31.2 Å². The third-order valence-electron chi connectivity index (χ3n) is 4.55. The summed E-state index contributed by atoms with van der Waals surface area (Å²) in [6.07, 6.45) is 1.87. The Hall–Kier alpha value is -2.62. The molecule has 0 atom stereocenters. The lowest BCUT2D eigenvalue weighted by Crippen LogP contribution is -2.33. The van der Waals surface area contributed by atoms with Crippen molar-refractivity contribution in [3.63, 3.8) is 0 Å². The standard InChI is InChI=1S/C18H20F2N4O3S/c1-17(8-9-17)14-21-16(28-23-14)22-15(26)18(19,20)11-6-4-5-7-12(11)27-10-13(25)24(2)3/h4-7H,8-10H2,1-3H3,(H,21,22,23,26). The predicted molar refractivity (Wildman–Crippen MR) is 99.6 cm³/mol. The summed E-state index contributed by atoms with van der Waals surface area (Å²) >= 11 is 0.870. The number of ether oxygens (including phenoxy) is 1. The number of hydrogen-bond acceptors (Lipinski definition) is 6. The van der Waals surface area contributed by atoms with Crippen molar-refractivity contribution in [2.45, 2.75) is 31.1 Å². The molecule has 10 heteroatoms. The van der Waals surface area contributed by atoms with Crippen molar-refractivity contribution in [1.82, 2.24) is 14.3 Å². The number of alkyl halides is 2. The molecule has 0 bridgehead atoms. The Morgan fingerprint density at radius 3 is 2.64 bits per heavy atom. The number of anilines is 1. The summed E-state index contributed by atoms with van der Waals surface area (Å²) in [5, 5.41) is 2.16. The van der Waals surface area contributed by atoms with Crippen LogP contribution in [-0.4, -0.2) is 46.8 Å². The fourth-order valence-corrected chi connectivity index (χ4v) is 3.05. The van der Waals surface area contributed by atoms with Gasteiger partial charge in [0.05, 0.1) is 5.56 Å². The normalized spacial score (nSPS) is 15.0. The van der Waals surface area contributed by atoms with Gasteiger partial charge in [-0.05, 0) is 25.0 Å². The fraction of sp³-hybridized carbons (Fsp3) is 0.444. The van der Waals surface area contributed by atoms with E-state index >= 15 is 0 Å². The van der Waals surface area contributed by atoms with Crippen molar-refractivity contribution in [2.75, 3.05) is 26.0 Å². The number of aromatic nitrogens is 2. The molecule has 0 spiro atoms. The van der Waals surface area contributed by atoms with E-state index in [2.05, 4.69) is 14.7 Å². The Morgan fingerprint density at radius 1 is 1.32 bits per heavy atom. The highest BCUT2D eigenvalue weighted by Crippen LogP contribution is 2.47. The molecule has 150 valence electrons. The van der Waals surface area contributed by atoms with Crippen LogP contribution in [0.15, 0.2) is 24.3 Å². The summed E-state index contributed by atoms with van der Waals surface area (Å²) in [7, 11) is 3.05. The van der Waals surface area contributed by atoms with Crippen molar-refractivity contribution in [3.8, 4) is 5.75 Å². The maximum absolute atomic E-state index is 14.8. The lowest BCUT2D eigenvalue weighted by atomic mass is 10.1. The van der Waals surface area contributed by atoms with E-state index in [0.29, 0.717) is 5.82 Å². The van der Waals surface area contributed by atoms with Crippen LogP contribution >= 0.6 is 11.5 Å². The second-order valence-corrected chi connectivity index (χ2v) is 7.84. The summed E-state index contributed by atoms with van der Waals surface area (Å²) < 4.78 is 39.0. The molecular formula is C18H20F2N4O3S. The third-order valence-corrected chi connectivity index (χ3v) is 5.18. The molecular weight excluding hydrogens is 390 g/mol. The van der Waals surface area contributed by atoms with Gasteiger partial charge in [0.1, 0.15) is 5.75 Å². The Kier molecular flexibility index (Phi) is 5.33. The first-order valence-corrected chi connectivity index (χ1v) is 9.37. The van der Waals surface area contributed by atoms with Gasteiger partial charge in [0.15, 0.2) is 12.4 Å². The van der Waals surface area contributed by atoms with Gasteiger partial charge in [-0.3, -0.25) is 14.9 Å². The molecule has 2 aromatic rings. The lowest BCUT2D eigenvalue weighted by molar-refractivity contribution is -0.141. The van der Waals surface area contributed by atoms with E-state index in [9.17, 15) is 18.4 Å². The van der Waals surface area contributed by atoms with E-state index in [1.165, 1.54) is 37.2 Å². The molecule has 1 aliphatic carbocycles. The van der Waals surface area contributed by atoms with Crippen LogP contribution in [0.5, 0.6) is 5.75 Å². The van der Waals surface area contributed by atoms with Crippen LogP contribution in [0.3, 0.4) is 0 Å². The molecule has 0 radical (unpaired) electrons. The van der Waals surface area contributed by atoms with Gasteiger partial charge in [0.25, 0.3) is 5.91 Å². The Labute approximate surface area is 164 Å². The molecule has 28 heavy (non-hydrogen) atoms. The molecule has 1 saturated carbocycles. The minimum atomic E-state index is -3.88. The van der Waals surface area contributed by atoms with E-state index in [-0.39, 0.29) is 16.3 Å². The fourth-order valence-electron chi connectivity index (χ4n) is 2.35. The minimum absolute atomic E-state index is 0.0222. The minimum Gasteiger partial charge on any atom is -0.483 e. The molecule has 0 unspecified atom stereocenters. The zero-order valence-corrected chi connectivity index (χ0v) is 16.5. The Balaban J connectivity index is 1.75. The Morgan fingerprint density at radius 2 is 2.00 bits per heavy atom. The number of amides is 2. The maximum Gasteiger partial charge on any atom is 0.353 e. The number of hydrogen-bond donors (Lipinski definition) is 1. The number of benzene rings is 1. The van der Waals surface area contributed by atoms with Crippen molar-refractivity contribution in [1.29, 1.82) is 0 Å². The summed E-state index contributed by atoms with van der Waals surface area (Å²) in [5.41, 5.74) is -0.750. The quantitative estimate of drug-likeness (QED) is 0.759. The molecule has 7 nitrogen and oxygen atoms in total. The molecule has 1 N–H and O–H groups in total. The van der Waals surface area contributed by atoms with E-state index < -0.39 is 29.9 Å².